The van der Waals surface area contributed by atoms with Crippen LogP contribution >= 0.6 is 0 Å². The van der Waals surface area contributed by atoms with Crippen LogP contribution in [0.4, 0.5) is 0 Å². The van der Waals surface area contributed by atoms with Gasteiger partial charge < -0.3 is 15.3 Å². The standard InChI is InChI=1S/C10H10O4/c11-6-1-2-8(12)7(5-6)10(3-4-10)9(13)14/h1-2,5,11-12H,3-4H2,(H,13,14). The van der Waals surface area contributed by atoms with E-state index in [1.807, 2.05) is 0 Å². The van der Waals surface area contributed by atoms with Crippen LogP contribution in [0.5, 0.6) is 11.5 Å². The molecule has 1 aliphatic rings. The number of carboxylic acids is 1. The number of aliphatic carboxylic acids is 1. The SMILES string of the molecule is O=C(O)C1(c2cc(O)ccc2O)CC1. The summed E-state index contributed by atoms with van der Waals surface area (Å²) < 4.78 is 0. The van der Waals surface area contributed by atoms with E-state index in [9.17, 15) is 15.0 Å². The van der Waals surface area contributed by atoms with Crippen LogP contribution in [0.15, 0.2) is 18.2 Å². The van der Waals surface area contributed by atoms with Gasteiger partial charge in [-0.15, -0.1) is 0 Å². The largest absolute Gasteiger partial charge is 0.508 e. The molecule has 0 heterocycles. The highest BCUT2D eigenvalue weighted by atomic mass is 16.4. The van der Waals surface area contributed by atoms with Crippen molar-refractivity contribution in [2.45, 2.75) is 18.3 Å². The third-order valence-corrected chi connectivity index (χ3v) is 2.66. The minimum Gasteiger partial charge on any atom is -0.508 e. The normalized spacial score (nSPS) is 17.7. The van der Waals surface area contributed by atoms with E-state index in [1.54, 1.807) is 0 Å². The molecule has 1 saturated carbocycles. The second-order valence-electron chi connectivity index (χ2n) is 3.59. The summed E-state index contributed by atoms with van der Waals surface area (Å²) in [4.78, 5) is 11.0. The van der Waals surface area contributed by atoms with Crippen LogP contribution in [-0.4, -0.2) is 21.3 Å². The lowest BCUT2D eigenvalue weighted by Crippen LogP contribution is -2.19. The minimum atomic E-state index is -0.969. The Hall–Kier alpha value is -1.71. The number of phenols is 2. The Balaban J connectivity index is 2.51. The molecule has 3 N–H and O–H groups in total. The van der Waals surface area contributed by atoms with Crippen molar-refractivity contribution in [2.75, 3.05) is 0 Å². The molecule has 0 bridgehead atoms. The van der Waals surface area contributed by atoms with Gasteiger partial charge in [0.05, 0.1) is 5.41 Å². The van der Waals surface area contributed by atoms with Gasteiger partial charge in [0, 0.05) is 5.56 Å². The second-order valence-corrected chi connectivity index (χ2v) is 3.59. The summed E-state index contributed by atoms with van der Waals surface area (Å²) in [5, 5.41) is 27.7. The Morgan fingerprint density at radius 3 is 2.43 bits per heavy atom. The molecule has 0 saturated heterocycles. The third kappa shape index (κ3) is 1.11. The Kier molecular flexibility index (Phi) is 1.67. The van der Waals surface area contributed by atoms with Gasteiger partial charge in [0.25, 0.3) is 0 Å². The van der Waals surface area contributed by atoms with E-state index in [0.29, 0.717) is 18.4 Å². The molecule has 0 amide bonds. The molecule has 0 aliphatic heterocycles. The van der Waals surface area contributed by atoms with E-state index in [1.165, 1.54) is 18.2 Å². The number of benzene rings is 1. The fourth-order valence-electron chi connectivity index (χ4n) is 1.63. The van der Waals surface area contributed by atoms with Crippen molar-refractivity contribution < 1.29 is 20.1 Å². The van der Waals surface area contributed by atoms with Gasteiger partial charge in [-0.2, -0.15) is 0 Å². The van der Waals surface area contributed by atoms with Crippen LogP contribution in [0.1, 0.15) is 18.4 Å². The minimum absolute atomic E-state index is 0.0228. The molecule has 14 heavy (non-hydrogen) atoms. The number of phenolic OH excluding ortho intramolecular Hbond substituents is 2. The second kappa shape index (κ2) is 2.64. The molecule has 0 atom stereocenters. The highest BCUT2D eigenvalue weighted by Crippen LogP contribution is 2.51. The van der Waals surface area contributed by atoms with E-state index >= 15 is 0 Å². The highest BCUT2D eigenvalue weighted by Gasteiger charge is 2.53. The Morgan fingerprint density at radius 1 is 1.29 bits per heavy atom. The summed E-state index contributed by atoms with van der Waals surface area (Å²) in [6.45, 7) is 0. The Morgan fingerprint density at radius 2 is 1.93 bits per heavy atom. The smallest absolute Gasteiger partial charge is 0.314 e. The van der Waals surface area contributed by atoms with Crippen LogP contribution < -0.4 is 0 Å². The maximum absolute atomic E-state index is 11.0. The Labute approximate surface area is 80.4 Å². The molecule has 4 heteroatoms. The third-order valence-electron chi connectivity index (χ3n) is 2.66. The number of carboxylic acid groups (broad SMARTS) is 1. The molecule has 1 aromatic carbocycles. The van der Waals surface area contributed by atoms with Gasteiger partial charge in [-0.25, -0.2) is 0 Å². The summed E-state index contributed by atoms with van der Waals surface area (Å²) in [7, 11) is 0. The van der Waals surface area contributed by atoms with Gasteiger partial charge in [0.15, 0.2) is 0 Å². The first-order valence-electron chi connectivity index (χ1n) is 4.32. The molecule has 0 aromatic heterocycles. The van der Waals surface area contributed by atoms with E-state index in [4.69, 9.17) is 5.11 Å². The lowest BCUT2D eigenvalue weighted by molar-refractivity contribution is -0.140. The van der Waals surface area contributed by atoms with Crippen LogP contribution in [-0.2, 0) is 10.2 Å². The monoisotopic (exact) mass is 194 g/mol. The van der Waals surface area contributed by atoms with Gasteiger partial charge in [-0.1, -0.05) is 0 Å². The number of rotatable bonds is 2. The molecule has 1 aromatic rings. The zero-order chi connectivity index (χ0) is 10.3. The lowest BCUT2D eigenvalue weighted by Gasteiger charge is -2.11. The van der Waals surface area contributed by atoms with E-state index in [2.05, 4.69) is 0 Å². The van der Waals surface area contributed by atoms with Gasteiger partial charge >= 0.3 is 5.97 Å². The Bertz CT molecular complexity index is 393. The summed E-state index contributed by atoms with van der Waals surface area (Å²) in [6.07, 6.45) is 1.03. The first kappa shape index (κ1) is 8.87. The van der Waals surface area contributed by atoms with Crippen LogP contribution in [0.3, 0.4) is 0 Å². The van der Waals surface area contributed by atoms with Crippen LogP contribution in [0, 0.1) is 0 Å². The molecular weight excluding hydrogens is 184 g/mol. The average Bonchev–Trinajstić information content (AvgIpc) is 2.90. The van der Waals surface area contributed by atoms with Crippen molar-refractivity contribution >= 4 is 5.97 Å². The summed E-state index contributed by atoms with van der Waals surface area (Å²) >= 11 is 0. The average molecular weight is 194 g/mol. The summed E-state index contributed by atoms with van der Waals surface area (Å²) in [6, 6.07) is 3.96. The lowest BCUT2D eigenvalue weighted by atomic mass is 9.95. The first-order chi connectivity index (χ1) is 6.56. The predicted molar refractivity (Wildman–Crippen MR) is 48.3 cm³/mol. The van der Waals surface area contributed by atoms with E-state index in [-0.39, 0.29) is 11.5 Å². The fourth-order valence-corrected chi connectivity index (χ4v) is 1.63. The number of hydrogen-bond donors (Lipinski definition) is 3. The molecule has 74 valence electrons. The quantitative estimate of drug-likeness (QED) is 0.618. The van der Waals surface area contributed by atoms with Crippen molar-refractivity contribution in [1.82, 2.24) is 0 Å². The molecule has 1 aliphatic carbocycles. The highest BCUT2D eigenvalue weighted by molar-refractivity contribution is 5.86. The molecular formula is C10H10O4. The zero-order valence-corrected chi connectivity index (χ0v) is 7.40. The number of hydrogen-bond acceptors (Lipinski definition) is 3. The van der Waals surface area contributed by atoms with E-state index < -0.39 is 11.4 Å². The topological polar surface area (TPSA) is 77.8 Å². The van der Waals surface area contributed by atoms with Crippen molar-refractivity contribution in [3.05, 3.63) is 23.8 Å². The van der Waals surface area contributed by atoms with Gasteiger partial charge in [0.2, 0.25) is 0 Å². The number of aromatic hydroxyl groups is 2. The molecule has 4 nitrogen and oxygen atoms in total. The first-order valence-corrected chi connectivity index (χ1v) is 4.32. The maximum Gasteiger partial charge on any atom is 0.314 e. The fraction of sp³-hybridized carbons (Fsp3) is 0.300. The molecule has 0 spiro atoms. The molecule has 2 rings (SSSR count). The zero-order valence-electron chi connectivity index (χ0n) is 7.40. The van der Waals surface area contributed by atoms with Crippen LogP contribution in [0.25, 0.3) is 0 Å². The number of carbonyl (C=O) groups is 1. The van der Waals surface area contributed by atoms with Gasteiger partial charge in [-0.05, 0) is 31.0 Å². The van der Waals surface area contributed by atoms with Crippen LogP contribution in [0.2, 0.25) is 0 Å². The van der Waals surface area contributed by atoms with Crippen molar-refractivity contribution in [3.63, 3.8) is 0 Å². The summed E-state index contributed by atoms with van der Waals surface area (Å²) in [5.74, 6) is -1.04. The van der Waals surface area contributed by atoms with E-state index in [0.717, 1.165) is 0 Å². The molecule has 0 radical (unpaired) electrons. The maximum atomic E-state index is 11.0. The van der Waals surface area contributed by atoms with Crippen molar-refractivity contribution in [1.29, 1.82) is 0 Å². The van der Waals surface area contributed by atoms with Gasteiger partial charge in [0.1, 0.15) is 11.5 Å². The molecule has 1 fully saturated rings. The van der Waals surface area contributed by atoms with Crippen molar-refractivity contribution in [3.8, 4) is 11.5 Å². The predicted octanol–water partition coefficient (Wildman–Crippen LogP) is 1.21. The molecule has 0 unspecified atom stereocenters. The van der Waals surface area contributed by atoms with Gasteiger partial charge in [-0.3, -0.25) is 4.79 Å². The van der Waals surface area contributed by atoms with Crippen molar-refractivity contribution in [2.24, 2.45) is 0 Å². The summed E-state index contributed by atoms with van der Waals surface area (Å²) in [5.41, 5.74) is -0.659.